The lowest BCUT2D eigenvalue weighted by molar-refractivity contribution is 0.0844. The lowest BCUT2D eigenvalue weighted by Gasteiger charge is -2.26. The molecule has 0 unspecified atom stereocenters. The number of aromatic hydroxyl groups is 5. The number of fused-ring (bicyclic) bond motifs is 1. The van der Waals surface area contributed by atoms with Gasteiger partial charge in [-0.15, -0.1) is 0 Å². The molecule has 0 aromatic heterocycles. The van der Waals surface area contributed by atoms with Crippen LogP contribution in [0.5, 0.6) is 34.5 Å². The smallest absolute Gasteiger partial charge is 0.200 e. The molecule has 3 rings (SSSR count). The third-order valence-electron chi connectivity index (χ3n) is 3.45. The lowest BCUT2D eigenvalue weighted by Crippen LogP contribution is -2.20. The molecule has 1 aliphatic rings. The van der Waals surface area contributed by atoms with Gasteiger partial charge < -0.3 is 30.3 Å². The number of phenolic OH excluding ortho intramolecular Hbond substituents is 5. The number of phenols is 5. The number of ketones is 1. The number of carbonyl (C=O) groups is 1. The van der Waals surface area contributed by atoms with Crippen molar-refractivity contribution >= 4 is 5.78 Å². The summed E-state index contributed by atoms with van der Waals surface area (Å²) < 4.78 is 5.56. The Morgan fingerprint density at radius 1 is 0.909 bits per heavy atom. The Balaban J connectivity index is 2.04. The number of hydrogen-bond acceptors (Lipinski definition) is 7. The molecule has 0 amide bonds. The largest absolute Gasteiger partial charge is 0.508 e. The summed E-state index contributed by atoms with van der Waals surface area (Å²) in [6, 6.07) is 4.57. The Morgan fingerprint density at radius 2 is 1.55 bits per heavy atom. The lowest BCUT2D eigenvalue weighted by atomic mass is 9.95. The minimum atomic E-state index is -0.835. The van der Waals surface area contributed by atoms with E-state index in [0.29, 0.717) is 0 Å². The van der Waals surface area contributed by atoms with Crippen molar-refractivity contribution in [3.8, 4) is 34.5 Å². The SMILES string of the molecule is O=C1C[C@H](c2cc(O)c(O)c(O)c2)Oc2cc(O)cc(O)c21. The van der Waals surface area contributed by atoms with Gasteiger partial charge in [-0.2, -0.15) is 0 Å². The summed E-state index contributed by atoms with van der Waals surface area (Å²) in [5, 5.41) is 47.6. The Hall–Kier alpha value is -3.09. The van der Waals surface area contributed by atoms with Crippen LogP contribution in [0.2, 0.25) is 0 Å². The molecule has 0 aliphatic carbocycles. The fourth-order valence-electron chi connectivity index (χ4n) is 2.42. The topological polar surface area (TPSA) is 127 Å². The van der Waals surface area contributed by atoms with Crippen LogP contribution in [0.25, 0.3) is 0 Å². The summed E-state index contributed by atoms with van der Waals surface area (Å²) in [6.45, 7) is 0. The van der Waals surface area contributed by atoms with Crippen LogP contribution in [0.3, 0.4) is 0 Å². The van der Waals surface area contributed by atoms with Crippen LogP contribution in [-0.4, -0.2) is 31.3 Å². The first kappa shape index (κ1) is 13.9. The Labute approximate surface area is 124 Å². The average molecular weight is 304 g/mol. The van der Waals surface area contributed by atoms with Crippen molar-refractivity contribution in [2.45, 2.75) is 12.5 Å². The molecule has 0 saturated heterocycles. The van der Waals surface area contributed by atoms with Gasteiger partial charge in [0.15, 0.2) is 23.0 Å². The first-order valence-corrected chi connectivity index (χ1v) is 6.37. The number of hydrogen-bond donors (Lipinski definition) is 5. The zero-order valence-corrected chi connectivity index (χ0v) is 11.1. The summed E-state index contributed by atoms with van der Waals surface area (Å²) in [5.74, 6) is -2.80. The van der Waals surface area contributed by atoms with Crippen LogP contribution >= 0.6 is 0 Å². The average Bonchev–Trinajstić information content (AvgIpc) is 2.42. The summed E-state index contributed by atoms with van der Waals surface area (Å²) >= 11 is 0. The van der Waals surface area contributed by atoms with Crippen molar-refractivity contribution in [1.82, 2.24) is 0 Å². The molecule has 5 N–H and O–H groups in total. The molecule has 0 fully saturated rings. The van der Waals surface area contributed by atoms with Crippen LogP contribution in [0, 0.1) is 0 Å². The van der Waals surface area contributed by atoms with E-state index in [1.807, 2.05) is 0 Å². The Bertz CT molecular complexity index is 759. The highest BCUT2D eigenvalue weighted by atomic mass is 16.5. The quantitative estimate of drug-likeness (QED) is 0.509. The van der Waals surface area contributed by atoms with E-state index < -0.39 is 29.1 Å². The van der Waals surface area contributed by atoms with Crippen molar-refractivity contribution in [2.75, 3.05) is 0 Å². The molecule has 0 radical (unpaired) electrons. The monoisotopic (exact) mass is 304 g/mol. The van der Waals surface area contributed by atoms with Gasteiger partial charge in [-0.1, -0.05) is 0 Å². The molecule has 2 aromatic carbocycles. The standard InChI is InChI=1S/C15H12O7/c16-7-3-8(17)14-9(18)5-12(22-13(14)4-7)6-1-10(19)15(21)11(20)2-6/h1-4,12,16-17,19-21H,5H2/t12-/m1/s1. The van der Waals surface area contributed by atoms with E-state index >= 15 is 0 Å². The minimum absolute atomic E-state index is 0.00537. The van der Waals surface area contributed by atoms with E-state index in [1.165, 1.54) is 18.2 Å². The maximum absolute atomic E-state index is 12.1. The van der Waals surface area contributed by atoms with Crippen molar-refractivity contribution in [3.05, 3.63) is 35.4 Å². The van der Waals surface area contributed by atoms with Crippen LogP contribution in [0.1, 0.15) is 28.4 Å². The Kier molecular flexibility index (Phi) is 2.98. The molecule has 1 atom stereocenters. The predicted octanol–water partition coefficient (Wildman–Crippen LogP) is 1.92. The fraction of sp³-hybridized carbons (Fsp3) is 0.133. The maximum Gasteiger partial charge on any atom is 0.200 e. The zero-order chi connectivity index (χ0) is 16.0. The first-order chi connectivity index (χ1) is 10.4. The van der Waals surface area contributed by atoms with Gasteiger partial charge in [-0.05, 0) is 12.1 Å². The molecule has 0 spiro atoms. The van der Waals surface area contributed by atoms with E-state index in [9.17, 15) is 30.3 Å². The van der Waals surface area contributed by atoms with Gasteiger partial charge in [0.1, 0.15) is 28.9 Å². The number of benzene rings is 2. The van der Waals surface area contributed by atoms with E-state index in [-0.39, 0.29) is 34.8 Å². The second-order valence-corrected chi connectivity index (χ2v) is 4.98. The molecule has 2 aromatic rings. The highest BCUT2D eigenvalue weighted by Crippen LogP contribution is 2.44. The molecular formula is C15H12O7. The molecule has 0 bridgehead atoms. The molecule has 1 aliphatic heterocycles. The zero-order valence-electron chi connectivity index (χ0n) is 11.1. The van der Waals surface area contributed by atoms with Crippen LogP contribution in [-0.2, 0) is 0 Å². The molecule has 1 heterocycles. The number of rotatable bonds is 1. The van der Waals surface area contributed by atoms with Gasteiger partial charge in [0.2, 0.25) is 0 Å². The van der Waals surface area contributed by atoms with Crippen LogP contribution in [0.4, 0.5) is 0 Å². The maximum atomic E-state index is 12.1. The van der Waals surface area contributed by atoms with Gasteiger partial charge in [0.25, 0.3) is 0 Å². The summed E-state index contributed by atoms with van der Waals surface area (Å²) in [4.78, 5) is 12.1. The number of carbonyl (C=O) groups excluding carboxylic acids is 1. The number of Topliss-reactive ketones (excluding diaryl/α,β-unsaturated/α-hetero) is 1. The Morgan fingerprint density at radius 3 is 2.18 bits per heavy atom. The van der Waals surface area contributed by atoms with E-state index in [4.69, 9.17) is 4.74 Å². The van der Waals surface area contributed by atoms with Gasteiger partial charge >= 0.3 is 0 Å². The summed E-state index contributed by atoms with van der Waals surface area (Å²) in [6.07, 6.45) is -0.965. The molecule has 22 heavy (non-hydrogen) atoms. The third-order valence-corrected chi connectivity index (χ3v) is 3.45. The van der Waals surface area contributed by atoms with Crippen LogP contribution < -0.4 is 4.74 Å². The highest BCUT2D eigenvalue weighted by Gasteiger charge is 2.31. The minimum Gasteiger partial charge on any atom is -0.508 e. The first-order valence-electron chi connectivity index (χ1n) is 6.37. The fourth-order valence-corrected chi connectivity index (χ4v) is 2.42. The highest BCUT2D eigenvalue weighted by molar-refractivity contribution is 6.02. The van der Waals surface area contributed by atoms with Gasteiger partial charge in [-0.3, -0.25) is 4.79 Å². The predicted molar refractivity (Wildman–Crippen MR) is 73.5 cm³/mol. The molecule has 7 nitrogen and oxygen atoms in total. The molecule has 7 heteroatoms. The van der Waals surface area contributed by atoms with Crippen molar-refractivity contribution in [2.24, 2.45) is 0 Å². The van der Waals surface area contributed by atoms with E-state index in [0.717, 1.165) is 6.07 Å². The van der Waals surface area contributed by atoms with E-state index in [1.54, 1.807) is 0 Å². The van der Waals surface area contributed by atoms with Gasteiger partial charge in [0, 0.05) is 17.7 Å². The van der Waals surface area contributed by atoms with Crippen LogP contribution in [0.15, 0.2) is 24.3 Å². The van der Waals surface area contributed by atoms with Crippen molar-refractivity contribution < 1.29 is 35.1 Å². The van der Waals surface area contributed by atoms with Crippen molar-refractivity contribution in [3.63, 3.8) is 0 Å². The molecule has 114 valence electrons. The molecule has 0 saturated carbocycles. The number of ether oxygens (including phenoxy) is 1. The van der Waals surface area contributed by atoms with Crippen molar-refractivity contribution in [1.29, 1.82) is 0 Å². The van der Waals surface area contributed by atoms with E-state index in [2.05, 4.69) is 0 Å². The van der Waals surface area contributed by atoms with Gasteiger partial charge in [-0.25, -0.2) is 0 Å². The molecular weight excluding hydrogens is 292 g/mol. The van der Waals surface area contributed by atoms with Gasteiger partial charge in [0.05, 0.1) is 6.42 Å². The normalized spacial score (nSPS) is 16.9. The summed E-state index contributed by atoms with van der Waals surface area (Å²) in [5.41, 5.74) is 0.246. The third kappa shape index (κ3) is 2.12. The second kappa shape index (κ2) is 4.73. The second-order valence-electron chi connectivity index (χ2n) is 4.98. The summed E-state index contributed by atoms with van der Waals surface area (Å²) in [7, 11) is 0.